The van der Waals surface area contributed by atoms with Crippen molar-refractivity contribution in [1.82, 2.24) is 5.32 Å². The van der Waals surface area contributed by atoms with Gasteiger partial charge in [0.05, 0.1) is 30.3 Å². The SMILES string of the molecule is O=C(O)C1COCC2(CCS(=O)(=O)C2)N1. The monoisotopic (exact) mass is 235 g/mol. The highest BCUT2D eigenvalue weighted by atomic mass is 32.2. The van der Waals surface area contributed by atoms with Crippen LogP contribution in [0.5, 0.6) is 0 Å². The molecule has 0 amide bonds. The first-order valence-corrected chi connectivity index (χ1v) is 6.53. The van der Waals surface area contributed by atoms with Crippen molar-refractivity contribution in [3.05, 3.63) is 0 Å². The van der Waals surface area contributed by atoms with E-state index in [1.165, 1.54) is 0 Å². The van der Waals surface area contributed by atoms with E-state index in [2.05, 4.69) is 5.32 Å². The van der Waals surface area contributed by atoms with Crippen molar-refractivity contribution >= 4 is 15.8 Å². The Morgan fingerprint density at radius 2 is 2.27 bits per heavy atom. The van der Waals surface area contributed by atoms with E-state index in [1.807, 2.05) is 0 Å². The topological polar surface area (TPSA) is 92.7 Å². The van der Waals surface area contributed by atoms with Gasteiger partial charge in [-0.25, -0.2) is 8.42 Å². The minimum absolute atomic E-state index is 0.0240. The molecule has 2 aliphatic heterocycles. The Hall–Kier alpha value is -0.660. The van der Waals surface area contributed by atoms with Crippen molar-refractivity contribution in [2.45, 2.75) is 18.0 Å². The third-order valence-corrected chi connectivity index (χ3v) is 4.65. The molecular weight excluding hydrogens is 222 g/mol. The number of carboxylic acids is 1. The number of carboxylic acid groups (broad SMARTS) is 1. The van der Waals surface area contributed by atoms with Crippen LogP contribution in [0.4, 0.5) is 0 Å². The second-order valence-electron chi connectivity index (χ2n) is 4.17. The molecule has 2 saturated heterocycles. The van der Waals surface area contributed by atoms with E-state index >= 15 is 0 Å². The van der Waals surface area contributed by atoms with Gasteiger partial charge in [-0.3, -0.25) is 10.1 Å². The third kappa shape index (κ3) is 2.14. The maximum Gasteiger partial charge on any atom is 0.323 e. The van der Waals surface area contributed by atoms with Crippen LogP contribution >= 0.6 is 0 Å². The summed E-state index contributed by atoms with van der Waals surface area (Å²) in [6.45, 7) is 0.368. The normalized spacial score (nSPS) is 39.3. The van der Waals surface area contributed by atoms with Gasteiger partial charge < -0.3 is 9.84 Å². The Bertz CT molecular complexity index is 378. The van der Waals surface area contributed by atoms with E-state index in [-0.39, 0.29) is 24.7 Å². The zero-order chi connectivity index (χ0) is 11.1. The van der Waals surface area contributed by atoms with Crippen LogP contribution in [0.15, 0.2) is 0 Å². The lowest BCUT2D eigenvalue weighted by Gasteiger charge is -2.36. The van der Waals surface area contributed by atoms with Gasteiger partial charge in [0.15, 0.2) is 9.84 Å². The molecule has 2 unspecified atom stereocenters. The summed E-state index contributed by atoms with van der Waals surface area (Å²) in [6.07, 6.45) is 0.430. The second-order valence-corrected chi connectivity index (χ2v) is 6.36. The standard InChI is InChI=1S/C8H13NO5S/c10-7(11)6-3-14-4-8(9-6)1-2-15(12,13)5-8/h6,9H,1-5H2,(H,10,11). The fraction of sp³-hybridized carbons (Fsp3) is 0.875. The summed E-state index contributed by atoms with van der Waals surface area (Å²) >= 11 is 0. The summed E-state index contributed by atoms with van der Waals surface area (Å²) in [6, 6.07) is -0.799. The molecule has 0 aromatic rings. The van der Waals surface area contributed by atoms with Crippen LogP contribution < -0.4 is 5.32 Å². The number of nitrogens with one attached hydrogen (secondary N) is 1. The maximum atomic E-state index is 11.3. The second kappa shape index (κ2) is 3.43. The van der Waals surface area contributed by atoms with Crippen molar-refractivity contribution in [3.63, 3.8) is 0 Å². The summed E-state index contributed by atoms with van der Waals surface area (Å²) in [5, 5.41) is 11.7. The molecule has 2 fully saturated rings. The van der Waals surface area contributed by atoms with Crippen LogP contribution in [0.1, 0.15) is 6.42 Å². The molecule has 86 valence electrons. The molecule has 0 aliphatic carbocycles. The lowest BCUT2D eigenvalue weighted by atomic mass is 9.97. The lowest BCUT2D eigenvalue weighted by molar-refractivity contribution is -0.144. The number of carbonyl (C=O) groups is 1. The largest absolute Gasteiger partial charge is 0.480 e. The summed E-state index contributed by atoms with van der Waals surface area (Å²) in [7, 11) is -3.04. The number of sulfone groups is 1. The first-order valence-electron chi connectivity index (χ1n) is 4.71. The van der Waals surface area contributed by atoms with E-state index in [9.17, 15) is 13.2 Å². The van der Waals surface area contributed by atoms with Crippen molar-refractivity contribution < 1.29 is 23.1 Å². The van der Waals surface area contributed by atoms with Crippen LogP contribution in [0.25, 0.3) is 0 Å². The molecule has 2 aliphatic rings. The molecule has 2 atom stereocenters. The zero-order valence-corrected chi connectivity index (χ0v) is 8.92. The van der Waals surface area contributed by atoms with Gasteiger partial charge in [0.1, 0.15) is 6.04 Å². The molecule has 7 heteroatoms. The number of hydrogen-bond acceptors (Lipinski definition) is 5. The van der Waals surface area contributed by atoms with Crippen molar-refractivity contribution in [3.8, 4) is 0 Å². The van der Waals surface area contributed by atoms with Crippen molar-refractivity contribution in [2.24, 2.45) is 0 Å². The van der Waals surface area contributed by atoms with Gasteiger partial charge >= 0.3 is 5.97 Å². The Labute approximate surface area is 87.5 Å². The maximum absolute atomic E-state index is 11.3. The highest BCUT2D eigenvalue weighted by Crippen LogP contribution is 2.26. The first-order chi connectivity index (χ1) is 6.93. The van der Waals surface area contributed by atoms with Gasteiger partial charge in [-0.15, -0.1) is 0 Å². The van der Waals surface area contributed by atoms with Crippen molar-refractivity contribution in [2.75, 3.05) is 24.7 Å². The summed E-state index contributed by atoms with van der Waals surface area (Å²) in [4.78, 5) is 10.8. The van der Waals surface area contributed by atoms with Crippen molar-refractivity contribution in [1.29, 1.82) is 0 Å². The Kier molecular flexibility index (Phi) is 2.48. The molecule has 0 aromatic heterocycles. The highest BCUT2D eigenvalue weighted by Gasteiger charge is 2.46. The number of morpholine rings is 1. The van der Waals surface area contributed by atoms with Gasteiger partial charge in [0.2, 0.25) is 0 Å². The minimum Gasteiger partial charge on any atom is -0.480 e. The zero-order valence-electron chi connectivity index (χ0n) is 8.10. The van der Waals surface area contributed by atoms with E-state index in [4.69, 9.17) is 9.84 Å². The fourth-order valence-corrected chi connectivity index (χ4v) is 4.10. The van der Waals surface area contributed by atoms with Crippen LogP contribution in [0, 0.1) is 0 Å². The highest BCUT2D eigenvalue weighted by molar-refractivity contribution is 7.91. The molecule has 0 aromatic carbocycles. The molecule has 2 heterocycles. The quantitative estimate of drug-likeness (QED) is 0.581. The van der Waals surface area contributed by atoms with Gasteiger partial charge in [-0.1, -0.05) is 0 Å². The Morgan fingerprint density at radius 3 is 2.80 bits per heavy atom. The van der Waals surface area contributed by atoms with Crippen LogP contribution in [-0.2, 0) is 19.4 Å². The summed E-state index contributed by atoms with van der Waals surface area (Å²) in [5.74, 6) is -0.919. The van der Waals surface area contributed by atoms with Gasteiger partial charge in [0.25, 0.3) is 0 Å². The van der Waals surface area contributed by atoms with E-state index in [0.29, 0.717) is 6.42 Å². The fourth-order valence-electron chi connectivity index (χ4n) is 2.10. The third-order valence-electron chi connectivity index (χ3n) is 2.83. The van der Waals surface area contributed by atoms with Crippen LogP contribution in [-0.4, -0.2) is 55.8 Å². The van der Waals surface area contributed by atoms with Gasteiger partial charge in [-0.05, 0) is 6.42 Å². The molecular formula is C8H13NO5S. The smallest absolute Gasteiger partial charge is 0.323 e. The summed E-state index contributed by atoms with van der Waals surface area (Å²) in [5.41, 5.74) is -0.680. The molecule has 1 spiro atoms. The Balaban J connectivity index is 2.14. The van der Waals surface area contributed by atoms with E-state index in [1.54, 1.807) is 0 Å². The average Bonchev–Trinajstić information content (AvgIpc) is 2.42. The Morgan fingerprint density at radius 1 is 1.53 bits per heavy atom. The van der Waals surface area contributed by atoms with Gasteiger partial charge in [0, 0.05) is 0 Å². The molecule has 0 bridgehead atoms. The average molecular weight is 235 g/mol. The molecule has 0 saturated carbocycles. The lowest BCUT2D eigenvalue weighted by Crippen LogP contribution is -2.62. The predicted molar refractivity (Wildman–Crippen MR) is 51.4 cm³/mol. The minimum atomic E-state index is -3.04. The van der Waals surface area contributed by atoms with Gasteiger partial charge in [-0.2, -0.15) is 0 Å². The molecule has 2 rings (SSSR count). The molecule has 6 nitrogen and oxygen atoms in total. The van der Waals surface area contributed by atoms with E-state index < -0.39 is 27.4 Å². The summed E-state index contributed by atoms with van der Waals surface area (Å²) < 4.78 is 27.8. The first kappa shape index (κ1) is 10.8. The molecule has 0 radical (unpaired) electrons. The number of ether oxygens (including phenoxy) is 1. The molecule has 2 N–H and O–H groups in total. The number of hydrogen-bond donors (Lipinski definition) is 2. The predicted octanol–water partition coefficient (Wildman–Crippen LogP) is -1.38. The number of rotatable bonds is 1. The number of aliphatic carboxylic acids is 1. The van der Waals surface area contributed by atoms with Crippen LogP contribution in [0.2, 0.25) is 0 Å². The molecule has 15 heavy (non-hydrogen) atoms. The van der Waals surface area contributed by atoms with E-state index in [0.717, 1.165) is 0 Å². The van der Waals surface area contributed by atoms with Crippen LogP contribution in [0.3, 0.4) is 0 Å².